The highest BCUT2D eigenvalue weighted by Gasteiger charge is 2.18. The lowest BCUT2D eigenvalue weighted by Gasteiger charge is -2.21. The van der Waals surface area contributed by atoms with Crippen LogP contribution in [0.5, 0.6) is 5.75 Å². The predicted molar refractivity (Wildman–Crippen MR) is 78.4 cm³/mol. The van der Waals surface area contributed by atoms with E-state index < -0.39 is 0 Å². The van der Waals surface area contributed by atoms with E-state index >= 15 is 0 Å². The van der Waals surface area contributed by atoms with Gasteiger partial charge in [0.25, 0.3) is 5.91 Å². The second-order valence-electron chi connectivity index (χ2n) is 4.50. The standard InChI is InChI=1S/C14H15N3O2S/c1-9-7-16-12(20-9)8-17-14(18)10-3-2-4-11-13(10)19-6-5-15-11/h2-4,7,15H,5-6,8H2,1H3,(H,17,18). The smallest absolute Gasteiger partial charge is 0.255 e. The first-order chi connectivity index (χ1) is 9.74. The molecule has 104 valence electrons. The average Bonchev–Trinajstić information content (AvgIpc) is 2.90. The monoisotopic (exact) mass is 289 g/mol. The molecule has 0 atom stereocenters. The number of hydrogen-bond acceptors (Lipinski definition) is 5. The number of carbonyl (C=O) groups excluding carboxylic acids is 1. The van der Waals surface area contributed by atoms with Gasteiger partial charge in [-0.3, -0.25) is 4.79 Å². The van der Waals surface area contributed by atoms with Crippen molar-refractivity contribution in [1.29, 1.82) is 0 Å². The van der Waals surface area contributed by atoms with E-state index in [2.05, 4.69) is 15.6 Å². The summed E-state index contributed by atoms with van der Waals surface area (Å²) in [7, 11) is 0. The zero-order valence-electron chi connectivity index (χ0n) is 11.1. The number of benzene rings is 1. The van der Waals surface area contributed by atoms with Crippen molar-refractivity contribution in [2.75, 3.05) is 18.5 Å². The maximum Gasteiger partial charge on any atom is 0.255 e. The minimum Gasteiger partial charge on any atom is -0.489 e. The van der Waals surface area contributed by atoms with Crippen molar-refractivity contribution in [2.45, 2.75) is 13.5 Å². The Balaban J connectivity index is 1.74. The molecule has 2 aromatic rings. The molecule has 0 unspecified atom stereocenters. The molecule has 0 saturated carbocycles. The van der Waals surface area contributed by atoms with E-state index in [0.29, 0.717) is 24.5 Å². The number of amides is 1. The van der Waals surface area contributed by atoms with Gasteiger partial charge in [-0.15, -0.1) is 11.3 Å². The predicted octanol–water partition coefficient (Wildman–Crippen LogP) is 2.19. The third-order valence-corrected chi connectivity index (χ3v) is 3.91. The number of nitrogens with zero attached hydrogens (tertiary/aromatic N) is 1. The molecule has 20 heavy (non-hydrogen) atoms. The molecule has 3 rings (SSSR count). The lowest BCUT2D eigenvalue weighted by molar-refractivity contribution is 0.0946. The Morgan fingerprint density at radius 2 is 2.45 bits per heavy atom. The van der Waals surface area contributed by atoms with Gasteiger partial charge >= 0.3 is 0 Å². The molecule has 1 amide bonds. The van der Waals surface area contributed by atoms with Crippen molar-refractivity contribution < 1.29 is 9.53 Å². The van der Waals surface area contributed by atoms with Crippen LogP contribution in [-0.2, 0) is 6.54 Å². The van der Waals surface area contributed by atoms with E-state index in [4.69, 9.17) is 4.74 Å². The molecular formula is C14H15N3O2S. The summed E-state index contributed by atoms with van der Waals surface area (Å²) in [6, 6.07) is 5.53. The van der Waals surface area contributed by atoms with Gasteiger partial charge in [0.1, 0.15) is 11.6 Å². The van der Waals surface area contributed by atoms with Crippen molar-refractivity contribution >= 4 is 22.9 Å². The number of para-hydroxylation sites is 1. The van der Waals surface area contributed by atoms with Crippen molar-refractivity contribution in [3.63, 3.8) is 0 Å². The fraction of sp³-hybridized carbons (Fsp3) is 0.286. The molecule has 0 spiro atoms. The maximum atomic E-state index is 12.3. The number of anilines is 1. The highest BCUT2D eigenvalue weighted by Crippen LogP contribution is 2.31. The Hall–Kier alpha value is -2.08. The molecule has 1 aliphatic rings. The molecule has 0 fully saturated rings. The van der Waals surface area contributed by atoms with Crippen LogP contribution in [0.15, 0.2) is 24.4 Å². The number of thiazole rings is 1. The first-order valence-corrected chi connectivity index (χ1v) is 7.25. The van der Waals surface area contributed by atoms with E-state index in [1.165, 1.54) is 0 Å². The Kier molecular flexibility index (Phi) is 3.56. The zero-order chi connectivity index (χ0) is 13.9. The SMILES string of the molecule is Cc1cnc(CNC(=O)c2cccc3c2OCCN3)s1. The third kappa shape index (κ3) is 2.60. The van der Waals surface area contributed by atoms with Crippen LogP contribution >= 0.6 is 11.3 Å². The van der Waals surface area contributed by atoms with Gasteiger partial charge in [0, 0.05) is 17.6 Å². The van der Waals surface area contributed by atoms with Gasteiger partial charge in [0.15, 0.2) is 5.75 Å². The van der Waals surface area contributed by atoms with Gasteiger partial charge in [0.05, 0.1) is 17.8 Å². The largest absolute Gasteiger partial charge is 0.489 e. The summed E-state index contributed by atoms with van der Waals surface area (Å²) in [6.07, 6.45) is 1.81. The topological polar surface area (TPSA) is 63.2 Å². The first kappa shape index (κ1) is 12.9. The summed E-state index contributed by atoms with van der Waals surface area (Å²) < 4.78 is 5.60. The van der Waals surface area contributed by atoms with Crippen LogP contribution in [-0.4, -0.2) is 24.0 Å². The number of fused-ring (bicyclic) bond motifs is 1. The summed E-state index contributed by atoms with van der Waals surface area (Å²) in [5, 5.41) is 7.00. The average molecular weight is 289 g/mol. The molecule has 0 radical (unpaired) electrons. The fourth-order valence-corrected chi connectivity index (χ4v) is 2.81. The van der Waals surface area contributed by atoms with Crippen LogP contribution in [0, 0.1) is 6.92 Å². The van der Waals surface area contributed by atoms with E-state index in [0.717, 1.165) is 22.1 Å². The summed E-state index contributed by atoms with van der Waals surface area (Å²) in [5.74, 6) is 0.491. The summed E-state index contributed by atoms with van der Waals surface area (Å²) >= 11 is 1.58. The number of ether oxygens (including phenoxy) is 1. The summed E-state index contributed by atoms with van der Waals surface area (Å²) in [4.78, 5) is 17.6. The maximum absolute atomic E-state index is 12.3. The number of nitrogens with one attached hydrogen (secondary N) is 2. The molecule has 0 bridgehead atoms. The highest BCUT2D eigenvalue weighted by molar-refractivity contribution is 7.11. The number of aromatic nitrogens is 1. The molecule has 0 aliphatic carbocycles. The second-order valence-corrected chi connectivity index (χ2v) is 5.82. The molecular weight excluding hydrogens is 274 g/mol. The minimum atomic E-state index is -0.140. The second kappa shape index (κ2) is 5.50. The zero-order valence-corrected chi connectivity index (χ0v) is 11.9. The van der Waals surface area contributed by atoms with Crippen molar-refractivity contribution in [3.05, 3.63) is 39.8 Å². The van der Waals surface area contributed by atoms with Gasteiger partial charge < -0.3 is 15.4 Å². The number of carbonyl (C=O) groups is 1. The summed E-state index contributed by atoms with van der Waals surface area (Å²) in [6.45, 7) is 3.77. The van der Waals surface area contributed by atoms with E-state index in [1.54, 1.807) is 17.4 Å². The first-order valence-electron chi connectivity index (χ1n) is 6.43. The lowest BCUT2D eigenvalue weighted by atomic mass is 10.1. The van der Waals surface area contributed by atoms with Crippen molar-refractivity contribution in [3.8, 4) is 5.75 Å². The lowest BCUT2D eigenvalue weighted by Crippen LogP contribution is -2.26. The van der Waals surface area contributed by atoms with Gasteiger partial charge in [-0.1, -0.05) is 6.07 Å². The molecule has 5 nitrogen and oxygen atoms in total. The molecule has 2 N–H and O–H groups in total. The van der Waals surface area contributed by atoms with E-state index in [1.807, 2.05) is 25.3 Å². The normalized spacial score (nSPS) is 13.1. The molecule has 1 aromatic carbocycles. The van der Waals surface area contributed by atoms with Gasteiger partial charge in [-0.05, 0) is 19.1 Å². The minimum absolute atomic E-state index is 0.140. The molecule has 2 heterocycles. The van der Waals surface area contributed by atoms with E-state index in [-0.39, 0.29) is 5.91 Å². The van der Waals surface area contributed by atoms with Crippen molar-refractivity contribution in [1.82, 2.24) is 10.3 Å². The third-order valence-electron chi connectivity index (χ3n) is 2.99. The molecule has 1 aromatic heterocycles. The molecule has 6 heteroatoms. The van der Waals surface area contributed by atoms with Gasteiger partial charge in [0.2, 0.25) is 0 Å². The summed E-state index contributed by atoms with van der Waals surface area (Å²) in [5.41, 5.74) is 1.43. The molecule has 0 saturated heterocycles. The van der Waals surface area contributed by atoms with Crippen LogP contribution in [0.2, 0.25) is 0 Å². The van der Waals surface area contributed by atoms with E-state index in [9.17, 15) is 4.79 Å². The fourth-order valence-electron chi connectivity index (χ4n) is 2.08. The number of aryl methyl sites for hydroxylation is 1. The van der Waals surface area contributed by atoms with Gasteiger partial charge in [-0.25, -0.2) is 4.98 Å². The van der Waals surface area contributed by atoms with Crippen LogP contribution < -0.4 is 15.4 Å². The Morgan fingerprint density at radius 1 is 1.55 bits per heavy atom. The van der Waals surface area contributed by atoms with Crippen LogP contribution in [0.25, 0.3) is 0 Å². The number of rotatable bonds is 3. The number of hydrogen-bond donors (Lipinski definition) is 2. The van der Waals surface area contributed by atoms with Gasteiger partial charge in [-0.2, -0.15) is 0 Å². The quantitative estimate of drug-likeness (QED) is 0.909. The Bertz CT molecular complexity index is 639. The van der Waals surface area contributed by atoms with Crippen LogP contribution in [0.4, 0.5) is 5.69 Å². The van der Waals surface area contributed by atoms with Crippen molar-refractivity contribution in [2.24, 2.45) is 0 Å². The Morgan fingerprint density at radius 3 is 3.25 bits per heavy atom. The van der Waals surface area contributed by atoms with Crippen LogP contribution in [0.3, 0.4) is 0 Å². The highest BCUT2D eigenvalue weighted by atomic mass is 32.1. The Labute approximate surface area is 121 Å². The van der Waals surface area contributed by atoms with Crippen LogP contribution in [0.1, 0.15) is 20.2 Å². The molecule has 1 aliphatic heterocycles.